The summed E-state index contributed by atoms with van der Waals surface area (Å²) in [6, 6.07) is 13.3. The highest BCUT2D eigenvalue weighted by molar-refractivity contribution is 6.03. The molecule has 1 saturated heterocycles. The van der Waals surface area contributed by atoms with Crippen LogP contribution in [-0.4, -0.2) is 62.7 Å². The second kappa shape index (κ2) is 11.6. The minimum atomic E-state index is -4.62. The topological polar surface area (TPSA) is 39.7 Å². The van der Waals surface area contributed by atoms with E-state index in [1.54, 1.807) is 27.1 Å². The minimum absolute atomic E-state index is 0.161. The minimum Gasteiger partial charge on any atom is -0.354 e. The highest BCUT2D eigenvalue weighted by Gasteiger charge is 2.38. The maximum absolute atomic E-state index is 14.0. The van der Waals surface area contributed by atoms with Crippen LogP contribution in [0.4, 0.5) is 29.1 Å². The van der Waals surface area contributed by atoms with E-state index in [9.17, 15) is 22.4 Å². The summed E-state index contributed by atoms with van der Waals surface area (Å²) in [5, 5.41) is 0. The molecule has 0 saturated carbocycles. The molecule has 0 spiro atoms. The van der Waals surface area contributed by atoms with E-state index < -0.39 is 29.7 Å². The molecule has 0 atom stereocenters. The van der Waals surface area contributed by atoms with Crippen molar-refractivity contribution in [2.24, 2.45) is 0 Å². The molecule has 1 aromatic heterocycles. The maximum Gasteiger partial charge on any atom is 0.416 e. The summed E-state index contributed by atoms with van der Waals surface area (Å²) in [7, 11) is 3.70. The number of anilines is 2. The lowest BCUT2D eigenvalue weighted by atomic mass is 9.81. The van der Waals surface area contributed by atoms with Crippen molar-refractivity contribution in [3.8, 4) is 11.1 Å². The van der Waals surface area contributed by atoms with Crippen molar-refractivity contribution in [1.29, 1.82) is 0 Å². The molecular formula is C31H36F4N4O. The number of benzene rings is 2. The summed E-state index contributed by atoms with van der Waals surface area (Å²) in [4.78, 5) is 24.7. The van der Waals surface area contributed by atoms with E-state index in [0.717, 1.165) is 60.8 Å². The largest absolute Gasteiger partial charge is 0.416 e. The van der Waals surface area contributed by atoms with E-state index in [1.807, 2.05) is 37.3 Å². The second-order valence-electron chi connectivity index (χ2n) is 11.0. The number of hydrogen-bond acceptors (Lipinski definition) is 4. The van der Waals surface area contributed by atoms with Gasteiger partial charge in [-0.2, -0.15) is 13.2 Å². The molecule has 0 aliphatic carbocycles. The predicted molar refractivity (Wildman–Crippen MR) is 152 cm³/mol. The van der Waals surface area contributed by atoms with Gasteiger partial charge >= 0.3 is 6.18 Å². The molecule has 1 aliphatic rings. The number of aryl methyl sites for hydroxylation is 2. The van der Waals surface area contributed by atoms with Crippen LogP contribution in [0.3, 0.4) is 0 Å². The third-order valence-corrected chi connectivity index (χ3v) is 7.76. The summed E-state index contributed by atoms with van der Waals surface area (Å²) in [6.07, 6.45) is -3.11. The molecule has 2 heterocycles. The summed E-state index contributed by atoms with van der Waals surface area (Å²) in [5.74, 6) is 0.408. The van der Waals surface area contributed by atoms with Gasteiger partial charge in [0.1, 0.15) is 5.82 Å². The Kier molecular flexibility index (Phi) is 8.54. The number of rotatable bonds is 7. The third-order valence-electron chi connectivity index (χ3n) is 7.76. The number of carbonyl (C=O) groups excluding carboxylic acids is 1. The van der Waals surface area contributed by atoms with Crippen molar-refractivity contribution in [2.75, 3.05) is 56.7 Å². The average molecular weight is 557 g/mol. The molecule has 214 valence electrons. The van der Waals surface area contributed by atoms with E-state index in [2.05, 4.69) is 16.8 Å². The molecule has 5 nitrogen and oxygen atoms in total. The number of pyridine rings is 1. The van der Waals surface area contributed by atoms with Gasteiger partial charge in [-0.25, -0.2) is 4.98 Å². The van der Waals surface area contributed by atoms with Gasteiger partial charge in [0.05, 0.1) is 29.5 Å². The SMILES string of the molecule is Cc1ccccc1-c1cc(N2CCN(C)CC2)ncc1N(C)C(=O)C(C)(C)c1cc(CCF)cc(C(F)(F)F)c1. The van der Waals surface area contributed by atoms with Crippen molar-refractivity contribution in [3.63, 3.8) is 0 Å². The Morgan fingerprint density at radius 2 is 1.62 bits per heavy atom. The molecule has 0 N–H and O–H groups in total. The van der Waals surface area contributed by atoms with Gasteiger partial charge in [-0.15, -0.1) is 0 Å². The van der Waals surface area contributed by atoms with E-state index in [4.69, 9.17) is 4.98 Å². The van der Waals surface area contributed by atoms with Gasteiger partial charge in [-0.3, -0.25) is 9.18 Å². The smallest absolute Gasteiger partial charge is 0.354 e. The second-order valence-corrected chi connectivity index (χ2v) is 11.0. The molecule has 0 bridgehead atoms. The molecule has 1 amide bonds. The number of likely N-dealkylation sites (N-methyl/N-ethyl adjacent to an activating group) is 2. The zero-order valence-corrected chi connectivity index (χ0v) is 23.6. The first-order valence-electron chi connectivity index (χ1n) is 13.4. The molecule has 9 heteroatoms. The first kappa shape index (κ1) is 29.5. The fourth-order valence-electron chi connectivity index (χ4n) is 5.13. The number of aromatic nitrogens is 1. The number of nitrogens with zero attached hydrogens (tertiary/aromatic N) is 4. The summed E-state index contributed by atoms with van der Waals surface area (Å²) >= 11 is 0. The number of hydrogen-bond donors (Lipinski definition) is 0. The van der Waals surface area contributed by atoms with E-state index in [1.165, 1.54) is 11.0 Å². The quantitative estimate of drug-likeness (QED) is 0.321. The molecule has 40 heavy (non-hydrogen) atoms. The van der Waals surface area contributed by atoms with Crippen LogP contribution in [0.2, 0.25) is 0 Å². The van der Waals surface area contributed by atoms with Crippen LogP contribution in [-0.2, 0) is 22.8 Å². The number of halogens is 4. The van der Waals surface area contributed by atoms with Crippen LogP contribution in [0, 0.1) is 6.92 Å². The van der Waals surface area contributed by atoms with Gasteiger partial charge in [0.2, 0.25) is 5.91 Å². The molecule has 4 rings (SSSR count). The lowest BCUT2D eigenvalue weighted by Crippen LogP contribution is -2.45. The Labute approximate surface area is 233 Å². The highest BCUT2D eigenvalue weighted by atomic mass is 19.4. The fraction of sp³-hybridized carbons (Fsp3) is 0.419. The Morgan fingerprint density at radius 3 is 2.25 bits per heavy atom. The average Bonchev–Trinajstić information content (AvgIpc) is 2.92. The number of alkyl halides is 4. The van der Waals surface area contributed by atoms with Gasteiger partial charge in [0.15, 0.2) is 0 Å². The van der Waals surface area contributed by atoms with Gasteiger partial charge in [-0.05, 0) is 68.3 Å². The summed E-state index contributed by atoms with van der Waals surface area (Å²) in [5.41, 5.74) is 1.50. The maximum atomic E-state index is 14.0. The lowest BCUT2D eigenvalue weighted by Gasteiger charge is -2.35. The van der Waals surface area contributed by atoms with Crippen molar-refractivity contribution in [2.45, 2.75) is 38.8 Å². The molecule has 1 aliphatic heterocycles. The molecule has 0 radical (unpaired) electrons. The van der Waals surface area contributed by atoms with Crippen molar-refractivity contribution in [1.82, 2.24) is 9.88 Å². The Morgan fingerprint density at radius 1 is 0.975 bits per heavy atom. The van der Waals surface area contributed by atoms with Crippen molar-refractivity contribution in [3.05, 3.63) is 77.0 Å². The monoisotopic (exact) mass is 556 g/mol. The van der Waals surface area contributed by atoms with Crippen LogP contribution in [0.5, 0.6) is 0 Å². The predicted octanol–water partition coefficient (Wildman–Crippen LogP) is 6.28. The van der Waals surface area contributed by atoms with Gasteiger partial charge < -0.3 is 14.7 Å². The molecule has 1 fully saturated rings. The highest BCUT2D eigenvalue weighted by Crippen LogP contribution is 2.39. The Hall–Kier alpha value is -3.46. The zero-order chi connectivity index (χ0) is 29.2. The standard InChI is InChI=1S/C31H36F4N4O/c1-21-8-6-7-9-25(21)26-19-28(39-14-12-37(4)13-15-39)36-20-27(26)38(5)29(40)30(2,3)23-16-22(10-11-32)17-24(18-23)31(33,34)35/h6-9,16-20H,10-15H2,1-5H3. The van der Waals surface area contributed by atoms with Crippen molar-refractivity contribution >= 4 is 17.4 Å². The molecular weight excluding hydrogens is 520 g/mol. The Balaban J connectivity index is 1.77. The third kappa shape index (κ3) is 6.14. The van der Waals surface area contributed by atoms with Crippen LogP contribution in [0.15, 0.2) is 54.7 Å². The number of piperazine rings is 1. The van der Waals surface area contributed by atoms with Gasteiger partial charge in [-0.1, -0.05) is 30.3 Å². The summed E-state index contributed by atoms with van der Waals surface area (Å²) in [6.45, 7) is 7.88. The zero-order valence-electron chi connectivity index (χ0n) is 23.6. The summed E-state index contributed by atoms with van der Waals surface area (Å²) < 4.78 is 54.2. The molecule has 0 unspecified atom stereocenters. The first-order chi connectivity index (χ1) is 18.8. The first-order valence-corrected chi connectivity index (χ1v) is 13.4. The number of carbonyl (C=O) groups is 1. The van der Waals surface area contributed by atoms with Crippen LogP contribution in [0.1, 0.15) is 36.1 Å². The van der Waals surface area contributed by atoms with Crippen LogP contribution in [0.25, 0.3) is 11.1 Å². The van der Waals surface area contributed by atoms with Crippen molar-refractivity contribution < 1.29 is 22.4 Å². The fourth-order valence-corrected chi connectivity index (χ4v) is 5.13. The van der Waals surface area contributed by atoms with E-state index >= 15 is 0 Å². The van der Waals surface area contributed by atoms with Gasteiger partial charge in [0, 0.05) is 45.2 Å². The van der Waals surface area contributed by atoms with E-state index in [-0.39, 0.29) is 17.5 Å². The number of amides is 1. The van der Waals surface area contributed by atoms with Crippen LogP contribution >= 0.6 is 0 Å². The lowest BCUT2D eigenvalue weighted by molar-refractivity contribution is -0.137. The van der Waals surface area contributed by atoms with Crippen LogP contribution < -0.4 is 9.80 Å². The molecule has 3 aromatic rings. The normalized spacial score (nSPS) is 14.9. The molecule has 2 aromatic carbocycles. The van der Waals surface area contributed by atoms with Gasteiger partial charge in [0.25, 0.3) is 0 Å². The Bertz CT molecular complexity index is 1360. The van der Waals surface area contributed by atoms with E-state index in [0.29, 0.717) is 5.69 Å².